The highest BCUT2D eigenvalue weighted by Crippen LogP contribution is 2.53. The van der Waals surface area contributed by atoms with Crippen LogP contribution in [-0.4, -0.2) is 60.0 Å². The van der Waals surface area contributed by atoms with Crippen LogP contribution in [-0.2, 0) is 26.8 Å². The van der Waals surface area contributed by atoms with Gasteiger partial charge in [0.15, 0.2) is 5.82 Å². The number of anilines is 3. The minimum absolute atomic E-state index is 0.00727. The number of alkyl halides is 3. The van der Waals surface area contributed by atoms with E-state index in [0.717, 1.165) is 25.6 Å². The van der Waals surface area contributed by atoms with Crippen molar-refractivity contribution in [1.29, 1.82) is 0 Å². The molecule has 1 saturated carbocycles. The molecule has 1 aliphatic heterocycles. The van der Waals surface area contributed by atoms with E-state index in [1.165, 1.54) is 18.9 Å². The summed E-state index contributed by atoms with van der Waals surface area (Å²) < 4.78 is 45.5. The zero-order valence-corrected chi connectivity index (χ0v) is 24.2. The van der Waals surface area contributed by atoms with E-state index in [1.807, 2.05) is 14.0 Å². The second kappa shape index (κ2) is 10.7. The van der Waals surface area contributed by atoms with Gasteiger partial charge in [0.2, 0.25) is 0 Å². The Morgan fingerprint density at radius 3 is 2.58 bits per heavy atom. The van der Waals surface area contributed by atoms with Crippen LogP contribution in [0.1, 0.15) is 47.8 Å². The van der Waals surface area contributed by atoms with Crippen molar-refractivity contribution in [2.24, 2.45) is 19.5 Å². The molecule has 2 fully saturated rings. The quantitative estimate of drug-likeness (QED) is 0.253. The van der Waals surface area contributed by atoms with E-state index in [-0.39, 0.29) is 11.4 Å². The van der Waals surface area contributed by atoms with Crippen LogP contribution in [0.15, 0.2) is 36.8 Å². The fraction of sp³-hybridized carbons (Fsp3) is 0.414. The monoisotopic (exact) mass is 594 g/mol. The topological polar surface area (TPSA) is 132 Å². The molecule has 0 radical (unpaired) electrons. The third-order valence-electron chi connectivity index (χ3n) is 8.25. The SMILES string of the molecule is CCNc1cc(-c2c(-c3nncn3C)cnn2C)cc(C(=O)Nc2cc(CN3CCC4(CC4)C3)cc(C(F)(F)F)c2N)n1. The van der Waals surface area contributed by atoms with Gasteiger partial charge in [-0.3, -0.25) is 14.4 Å². The molecular weight excluding hydrogens is 561 g/mol. The summed E-state index contributed by atoms with van der Waals surface area (Å²) in [5.74, 6) is 0.292. The lowest BCUT2D eigenvalue weighted by atomic mass is 10.0. The molecule has 1 aromatic carbocycles. The smallest absolute Gasteiger partial charge is 0.397 e. The number of nitrogens with two attached hydrogens (primary N) is 1. The van der Waals surface area contributed by atoms with Crippen LogP contribution in [0.3, 0.4) is 0 Å². The van der Waals surface area contributed by atoms with Gasteiger partial charge in [0.1, 0.15) is 17.8 Å². The maximum Gasteiger partial charge on any atom is 0.418 e. The Labute approximate surface area is 246 Å². The molecule has 4 aromatic rings. The van der Waals surface area contributed by atoms with Gasteiger partial charge in [-0.1, -0.05) is 0 Å². The first-order valence-electron chi connectivity index (χ1n) is 14.1. The maximum atomic E-state index is 14.0. The zero-order valence-electron chi connectivity index (χ0n) is 24.2. The van der Waals surface area contributed by atoms with Crippen LogP contribution in [0, 0.1) is 5.41 Å². The first kappa shape index (κ1) is 28.6. The van der Waals surface area contributed by atoms with Gasteiger partial charge in [-0.15, -0.1) is 10.2 Å². The van der Waals surface area contributed by atoms with Crippen LogP contribution in [0.2, 0.25) is 0 Å². The number of benzene rings is 1. The van der Waals surface area contributed by atoms with Gasteiger partial charge in [-0.05, 0) is 68.0 Å². The summed E-state index contributed by atoms with van der Waals surface area (Å²) in [5, 5.41) is 18.3. The number of nitrogens with zero attached hydrogens (tertiary/aromatic N) is 7. The molecule has 11 nitrogen and oxygen atoms in total. The maximum absolute atomic E-state index is 14.0. The van der Waals surface area contributed by atoms with E-state index in [9.17, 15) is 18.0 Å². The lowest BCUT2D eigenvalue weighted by Gasteiger charge is -2.20. The zero-order chi connectivity index (χ0) is 30.5. The number of halogens is 3. The first-order valence-corrected chi connectivity index (χ1v) is 14.1. The number of pyridine rings is 1. The number of nitrogens with one attached hydrogen (secondary N) is 2. The molecule has 2 aliphatic rings. The normalized spacial score (nSPS) is 16.1. The van der Waals surface area contributed by atoms with E-state index in [2.05, 4.69) is 35.8 Å². The molecule has 1 amide bonds. The molecule has 0 bridgehead atoms. The van der Waals surface area contributed by atoms with E-state index >= 15 is 0 Å². The number of rotatable bonds is 8. The fourth-order valence-electron chi connectivity index (χ4n) is 5.86. The van der Waals surface area contributed by atoms with Gasteiger partial charge < -0.3 is 20.9 Å². The summed E-state index contributed by atoms with van der Waals surface area (Å²) >= 11 is 0. The summed E-state index contributed by atoms with van der Waals surface area (Å²) in [7, 11) is 3.57. The molecule has 1 spiro atoms. The van der Waals surface area contributed by atoms with Crippen LogP contribution in [0.4, 0.5) is 30.4 Å². The van der Waals surface area contributed by atoms with Gasteiger partial charge >= 0.3 is 6.18 Å². The molecule has 0 atom stereocenters. The Morgan fingerprint density at radius 1 is 1.14 bits per heavy atom. The van der Waals surface area contributed by atoms with Crippen molar-refractivity contribution in [3.8, 4) is 22.6 Å². The number of aryl methyl sites for hydroxylation is 2. The molecule has 226 valence electrons. The van der Waals surface area contributed by atoms with Crippen molar-refractivity contribution < 1.29 is 18.0 Å². The van der Waals surface area contributed by atoms with Gasteiger partial charge in [-0.2, -0.15) is 18.3 Å². The third kappa shape index (κ3) is 5.66. The molecule has 4 N–H and O–H groups in total. The summed E-state index contributed by atoms with van der Waals surface area (Å²) in [6, 6.07) is 5.96. The summed E-state index contributed by atoms with van der Waals surface area (Å²) in [6.07, 6.45) is 1.93. The number of amides is 1. The van der Waals surface area contributed by atoms with Gasteiger partial charge in [-0.25, -0.2) is 4.98 Å². The van der Waals surface area contributed by atoms with Crippen LogP contribution in [0.25, 0.3) is 22.6 Å². The fourth-order valence-corrected chi connectivity index (χ4v) is 5.86. The van der Waals surface area contributed by atoms with E-state index in [0.29, 0.717) is 52.5 Å². The molecule has 1 aliphatic carbocycles. The Kier molecular flexibility index (Phi) is 7.11. The molecule has 14 heteroatoms. The lowest BCUT2D eigenvalue weighted by molar-refractivity contribution is -0.136. The van der Waals surface area contributed by atoms with E-state index < -0.39 is 23.3 Å². The van der Waals surface area contributed by atoms with Crippen LogP contribution < -0.4 is 16.4 Å². The highest BCUT2D eigenvalue weighted by Gasteiger charge is 2.47. The van der Waals surface area contributed by atoms with Crippen molar-refractivity contribution in [2.45, 2.75) is 38.9 Å². The Hall–Kier alpha value is -4.46. The van der Waals surface area contributed by atoms with Crippen LogP contribution >= 0.6 is 0 Å². The van der Waals surface area contributed by atoms with Gasteiger partial charge in [0.05, 0.1) is 34.4 Å². The largest absolute Gasteiger partial charge is 0.418 e. The predicted octanol–water partition coefficient (Wildman–Crippen LogP) is 4.55. The van der Waals surface area contributed by atoms with Gasteiger partial charge in [0.25, 0.3) is 5.91 Å². The van der Waals surface area contributed by atoms with Crippen molar-refractivity contribution in [1.82, 2.24) is 34.4 Å². The molecule has 6 rings (SSSR count). The van der Waals surface area contributed by atoms with Crippen molar-refractivity contribution in [2.75, 3.05) is 36.0 Å². The van der Waals surface area contributed by atoms with Gasteiger partial charge in [0, 0.05) is 39.3 Å². The van der Waals surface area contributed by atoms with E-state index in [1.54, 1.807) is 41.0 Å². The number of nitrogen functional groups attached to an aromatic ring is 1. The highest BCUT2D eigenvalue weighted by atomic mass is 19.4. The lowest BCUT2D eigenvalue weighted by Crippen LogP contribution is -2.22. The number of hydrogen-bond donors (Lipinski definition) is 3. The summed E-state index contributed by atoms with van der Waals surface area (Å²) in [6.45, 7) is 4.47. The van der Waals surface area contributed by atoms with Crippen molar-refractivity contribution >= 4 is 23.1 Å². The molecule has 4 heterocycles. The van der Waals surface area contributed by atoms with Crippen LogP contribution in [0.5, 0.6) is 0 Å². The molecule has 43 heavy (non-hydrogen) atoms. The second-order valence-corrected chi connectivity index (χ2v) is 11.5. The Bertz CT molecular complexity index is 1690. The molecule has 3 aromatic heterocycles. The van der Waals surface area contributed by atoms with Crippen molar-refractivity contribution in [3.63, 3.8) is 0 Å². The third-order valence-corrected chi connectivity index (χ3v) is 8.25. The number of aromatic nitrogens is 6. The molecule has 0 unspecified atom stereocenters. The van der Waals surface area contributed by atoms with Crippen molar-refractivity contribution in [3.05, 3.63) is 53.6 Å². The average Bonchev–Trinajstić information content (AvgIpc) is 3.20. The highest BCUT2D eigenvalue weighted by molar-refractivity contribution is 6.06. The second-order valence-electron chi connectivity index (χ2n) is 11.5. The Balaban J connectivity index is 1.35. The standard InChI is InChI=1S/C29H33F3N10O/c1-4-34-23-12-18(25-19(13-36-41(25)3)26-39-35-16-40(26)2)11-22(37-23)27(43)38-21-10-17(9-20(24(21)33)29(30,31)32)14-42-8-7-28(15-42)5-6-28/h9-13,16H,4-8,14-15,33H2,1-3H3,(H,34,37)(H,38,43). The molecule has 1 saturated heterocycles. The van der Waals surface area contributed by atoms with E-state index in [4.69, 9.17) is 5.73 Å². The molecular formula is C29H33F3N10O. The minimum Gasteiger partial charge on any atom is -0.397 e. The average molecular weight is 595 g/mol. The summed E-state index contributed by atoms with van der Waals surface area (Å²) in [5.41, 5.74) is 7.11. The summed E-state index contributed by atoms with van der Waals surface area (Å²) in [4.78, 5) is 20.2. The number of carbonyl (C=O) groups is 1. The first-order chi connectivity index (χ1) is 20.5. The predicted molar refractivity (Wildman–Crippen MR) is 156 cm³/mol. The number of likely N-dealkylation sites (tertiary alicyclic amines) is 1. The Morgan fingerprint density at radius 2 is 1.93 bits per heavy atom. The number of carbonyl (C=O) groups excluding carboxylic acids is 1. The number of hydrogen-bond acceptors (Lipinski definition) is 8. The minimum atomic E-state index is -4.69.